The van der Waals surface area contributed by atoms with Crippen LogP contribution in [-0.4, -0.2) is 11.1 Å². The molecule has 2 aromatic rings. The molecule has 4 heteroatoms. The predicted octanol–water partition coefficient (Wildman–Crippen LogP) is 4.10. The maximum absolute atomic E-state index is 11.2. The van der Waals surface area contributed by atoms with E-state index >= 15 is 0 Å². The summed E-state index contributed by atoms with van der Waals surface area (Å²) in [6.45, 7) is 3.41. The minimum atomic E-state index is -0.840. The fraction of sp³-hybridized carbons (Fsp3) is 0.312. The number of rotatable bonds is 4. The Hall–Kier alpha value is -1.39. The molecular formula is C16H18BrNO2. The van der Waals surface area contributed by atoms with E-state index in [4.69, 9.17) is 5.73 Å². The van der Waals surface area contributed by atoms with Crippen LogP contribution in [0, 0.1) is 5.41 Å². The number of carbonyl (C=O) groups is 1. The van der Waals surface area contributed by atoms with Gasteiger partial charge in [-0.3, -0.25) is 4.79 Å². The standard InChI is InChI=1S/C16H18BrNO2/c1-16(2,15(19)20)9-14(18)12-7-8-13(17)11-6-4-3-5-10(11)12/h3-8,14H,9,18H2,1-2H3,(H,19,20). The molecule has 1 unspecified atom stereocenters. The summed E-state index contributed by atoms with van der Waals surface area (Å²) in [4.78, 5) is 11.2. The topological polar surface area (TPSA) is 63.3 Å². The monoisotopic (exact) mass is 335 g/mol. The molecule has 1 atom stereocenters. The molecule has 0 fully saturated rings. The van der Waals surface area contributed by atoms with Crippen LogP contribution in [0.25, 0.3) is 10.8 Å². The van der Waals surface area contributed by atoms with Gasteiger partial charge in [-0.05, 0) is 42.7 Å². The lowest BCUT2D eigenvalue weighted by Crippen LogP contribution is -2.29. The summed E-state index contributed by atoms with van der Waals surface area (Å²) in [5, 5.41) is 11.4. The van der Waals surface area contributed by atoms with Gasteiger partial charge in [0.05, 0.1) is 5.41 Å². The van der Waals surface area contributed by atoms with Crippen LogP contribution in [0.5, 0.6) is 0 Å². The highest BCUT2D eigenvalue weighted by molar-refractivity contribution is 9.10. The number of nitrogens with two attached hydrogens (primary N) is 1. The SMILES string of the molecule is CC(C)(CC(N)c1ccc(Br)c2ccccc12)C(=O)O. The molecule has 0 aliphatic rings. The molecule has 0 aromatic heterocycles. The number of hydrogen-bond acceptors (Lipinski definition) is 2. The molecule has 0 saturated heterocycles. The molecular weight excluding hydrogens is 318 g/mol. The van der Waals surface area contributed by atoms with Crippen molar-refractivity contribution >= 4 is 32.7 Å². The molecule has 3 N–H and O–H groups in total. The summed E-state index contributed by atoms with van der Waals surface area (Å²) in [6.07, 6.45) is 0.397. The van der Waals surface area contributed by atoms with E-state index < -0.39 is 11.4 Å². The molecule has 2 aromatic carbocycles. The smallest absolute Gasteiger partial charge is 0.309 e. The van der Waals surface area contributed by atoms with Crippen molar-refractivity contribution in [2.24, 2.45) is 11.1 Å². The van der Waals surface area contributed by atoms with Gasteiger partial charge >= 0.3 is 5.97 Å². The third-order valence-corrected chi connectivity index (χ3v) is 4.30. The fourth-order valence-electron chi connectivity index (χ4n) is 2.36. The summed E-state index contributed by atoms with van der Waals surface area (Å²) < 4.78 is 1.02. The van der Waals surface area contributed by atoms with E-state index in [9.17, 15) is 9.90 Å². The molecule has 106 valence electrons. The van der Waals surface area contributed by atoms with Crippen LogP contribution in [0.15, 0.2) is 40.9 Å². The van der Waals surface area contributed by atoms with Gasteiger partial charge in [-0.2, -0.15) is 0 Å². The van der Waals surface area contributed by atoms with Crippen LogP contribution in [-0.2, 0) is 4.79 Å². The number of benzene rings is 2. The van der Waals surface area contributed by atoms with Gasteiger partial charge in [-0.25, -0.2) is 0 Å². The Morgan fingerprint density at radius 2 is 1.85 bits per heavy atom. The molecule has 20 heavy (non-hydrogen) atoms. The maximum atomic E-state index is 11.2. The summed E-state index contributed by atoms with van der Waals surface area (Å²) in [7, 11) is 0. The Kier molecular flexibility index (Phi) is 4.16. The number of fused-ring (bicyclic) bond motifs is 1. The summed E-state index contributed by atoms with van der Waals surface area (Å²) in [6, 6.07) is 11.6. The first kappa shape index (κ1) is 15.0. The first-order chi connectivity index (χ1) is 9.33. The second-order valence-corrected chi connectivity index (χ2v) is 6.54. The van der Waals surface area contributed by atoms with Crippen molar-refractivity contribution in [3.8, 4) is 0 Å². The molecule has 3 nitrogen and oxygen atoms in total. The molecule has 0 radical (unpaired) electrons. The zero-order valence-electron chi connectivity index (χ0n) is 11.6. The van der Waals surface area contributed by atoms with E-state index in [0.29, 0.717) is 6.42 Å². The molecule has 0 bridgehead atoms. The minimum absolute atomic E-state index is 0.306. The van der Waals surface area contributed by atoms with Crippen LogP contribution in [0.2, 0.25) is 0 Å². The van der Waals surface area contributed by atoms with Crippen molar-refractivity contribution < 1.29 is 9.90 Å². The average molecular weight is 336 g/mol. The quantitative estimate of drug-likeness (QED) is 0.883. The highest BCUT2D eigenvalue weighted by Gasteiger charge is 2.30. The second kappa shape index (κ2) is 5.54. The van der Waals surface area contributed by atoms with Crippen LogP contribution in [0.4, 0.5) is 0 Å². The number of carboxylic acid groups (broad SMARTS) is 1. The van der Waals surface area contributed by atoms with Crippen molar-refractivity contribution in [3.05, 3.63) is 46.4 Å². The van der Waals surface area contributed by atoms with E-state index in [0.717, 1.165) is 20.8 Å². The third-order valence-electron chi connectivity index (χ3n) is 3.61. The molecule has 0 aliphatic carbocycles. The average Bonchev–Trinajstić information content (AvgIpc) is 2.38. The molecule has 2 rings (SSSR count). The highest BCUT2D eigenvalue weighted by atomic mass is 79.9. The van der Waals surface area contributed by atoms with Crippen LogP contribution in [0.1, 0.15) is 31.9 Å². The van der Waals surface area contributed by atoms with Gasteiger partial charge in [0.15, 0.2) is 0 Å². The number of aliphatic carboxylic acids is 1. The summed E-state index contributed by atoms with van der Waals surface area (Å²) in [5.74, 6) is -0.825. The largest absolute Gasteiger partial charge is 0.481 e. The molecule has 0 aliphatic heterocycles. The van der Waals surface area contributed by atoms with Crippen molar-refractivity contribution in [2.75, 3.05) is 0 Å². The fourth-order valence-corrected chi connectivity index (χ4v) is 2.83. The predicted molar refractivity (Wildman–Crippen MR) is 84.6 cm³/mol. The third kappa shape index (κ3) is 2.86. The van der Waals surface area contributed by atoms with E-state index in [1.807, 2.05) is 36.4 Å². The Labute approximate surface area is 126 Å². The van der Waals surface area contributed by atoms with Gasteiger partial charge in [-0.15, -0.1) is 0 Å². The number of halogens is 1. The zero-order chi connectivity index (χ0) is 14.9. The zero-order valence-corrected chi connectivity index (χ0v) is 13.1. The Morgan fingerprint density at radius 1 is 1.25 bits per heavy atom. The lowest BCUT2D eigenvalue weighted by atomic mass is 9.83. The lowest BCUT2D eigenvalue weighted by molar-refractivity contribution is -0.147. The van der Waals surface area contributed by atoms with Crippen molar-refractivity contribution in [2.45, 2.75) is 26.3 Å². The Morgan fingerprint density at radius 3 is 2.45 bits per heavy atom. The first-order valence-corrected chi connectivity index (χ1v) is 7.28. The minimum Gasteiger partial charge on any atom is -0.481 e. The second-order valence-electron chi connectivity index (χ2n) is 5.68. The van der Waals surface area contributed by atoms with Crippen LogP contribution < -0.4 is 5.73 Å². The maximum Gasteiger partial charge on any atom is 0.309 e. The normalized spacial score (nSPS) is 13.4. The van der Waals surface area contributed by atoms with Gasteiger partial charge in [0.2, 0.25) is 0 Å². The van der Waals surface area contributed by atoms with Gasteiger partial charge in [-0.1, -0.05) is 46.3 Å². The Balaban J connectivity index is 2.43. The Bertz CT molecular complexity index is 652. The van der Waals surface area contributed by atoms with Gasteiger partial charge in [0, 0.05) is 10.5 Å². The summed E-state index contributed by atoms with van der Waals surface area (Å²) in [5.41, 5.74) is 6.40. The van der Waals surface area contributed by atoms with Crippen LogP contribution >= 0.6 is 15.9 Å². The van der Waals surface area contributed by atoms with Crippen molar-refractivity contribution in [3.63, 3.8) is 0 Å². The van der Waals surface area contributed by atoms with Crippen LogP contribution in [0.3, 0.4) is 0 Å². The van der Waals surface area contributed by atoms with E-state index in [1.165, 1.54) is 0 Å². The summed E-state index contributed by atoms with van der Waals surface area (Å²) >= 11 is 3.53. The number of carboxylic acids is 1. The molecule has 0 spiro atoms. The van der Waals surface area contributed by atoms with Gasteiger partial charge in [0.1, 0.15) is 0 Å². The van der Waals surface area contributed by atoms with Crippen molar-refractivity contribution in [1.82, 2.24) is 0 Å². The van der Waals surface area contributed by atoms with Crippen molar-refractivity contribution in [1.29, 1.82) is 0 Å². The lowest BCUT2D eigenvalue weighted by Gasteiger charge is -2.24. The highest BCUT2D eigenvalue weighted by Crippen LogP contribution is 2.34. The first-order valence-electron chi connectivity index (χ1n) is 6.49. The molecule has 0 saturated carbocycles. The molecule has 0 amide bonds. The van der Waals surface area contributed by atoms with Gasteiger partial charge < -0.3 is 10.8 Å². The van der Waals surface area contributed by atoms with E-state index in [-0.39, 0.29) is 6.04 Å². The van der Waals surface area contributed by atoms with E-state index in [2.05, 4.69) is 15.9 Å². The molecule has 0 heterocycles. The van der Waals surface area contributed by atoms with E-state index in [1.54, 1.807) is 13.8 Å². The van der Waals surface area contributed by atoms with Gasteiger partial charge in [0.25, 0.3) is 0 Å². The number of hydrogen-bond donors (Lipinski definition) is 2.